The summed E-state index contributed by atoms with van der Waals surface area (Å²) < 4.78 is 10.6. The average molecular weight is 267 g/mol. The molecule has 1 aliphatic rings. The molecule has 5 nitrogen and oxygen atoms in total. The first kappa shape index (κ1) is 12.5. The van der Waals surface area contributed by atoms with E-state index < -0.39 is 6.04 Å². The summed E-state index contributed by atoms with van der Waals surface area (Å²) >= 11 is 0. The van der Waals surface area contributed by atoms with Crippen molar-refractivity contribution in [3.63, 3.8) is 0 Å². The number of aromatic nitrogens is 1. The first-order chi connectivity index (χ1) is 9.86. The molecule has 1 aromatic carbocycles. The summed E-state index contributed by atoms with van der Waals surface area (Å²) in [4.78, 5) is 3.97. The summed E-state index contributed by atoms with van der Waals surface area (Å²) in [5, 5.41) is 12.5. The second-order valence-corrected chi connectivity index (χ2v) is 4.41. The number of fused-ring (bicyclic) bond motifs is 1. The highest BCUT2D eigenvalue weighted by Gasteiger charge is 2.17. The monoisotopic (exact) mass is 267 g/mol. The fourth-order valence-electron chi connectivity index (χ4n) is 2.05. The highest BCUT2D eigenvalue weighted by Crippen LogP contribution is 2.34. The van der Waals surface area contributed by atoms with E-state index in [0.29, 0.717) is 12.3 Å². The van der Waals surface area contributed by atoms with Gasteiger partial charge in [0.05, 0.1) is 6.07 Å². The molecule has 3 rings (SSSR count). The number of nitrogens with one attached hydrogen (secondary N) is 1. The molecule has 5 heteroatoms. The summed E-state index contributed by atoms with van der Waals surface area (Å²) in [5.74, 6) is 1.41. The maximum absolute atomic E-state index is 9.31. The van der Waals surface area contributed by atoms with Crippen molar-refractivity contribution < 1.29 is 9.47 Å². The van der Waals surface area contributed by atoms with Gasteiger partial charge in [0.25, 0.3) is 0 Å². The van der Waals surface area contributed by atoms with Gasteiger partial charge in [0, 0.05) is 18.9 Å². The predicted molar refractivity (Wildman–Crippen MR) is 72.0 cm³/mol. The molecular weight excluding hydrogens is 254 g/mol. The number of nitrogens with zero attached hydrogens (tertiary/aromatic N) is 2. The van der Waals surface area contributed by atoms with Crippen LogP contribution in [0.25, 0.3) is 0 Å². The molecule has 0 radical (unpaired) electrons. The van der Waals surface area contributed by atoms with Crippen molar-refractivity contribution in [2.45, 2.75) is 12.6 Å². The molecule has 1 N–H and O–H groups in total. The molecule has 1 aliphatic heterocycles. The fourth-order valence-corrected chi connectivity index (χ4v) is 2.05. The van der Waals surface area contributed by atoms with Gasteiger partial charge >= 0.3 is 0 Å². The Balaban J connectivity index is 1.72. The Morgan fingerprint density at radius 3 is 2.80 bits per heavy atom. The molecule has 2 aromatic rings. The van der Waals surface area contributed by atoms with Crippen LogP contribution in [0.15, 0.2) is 42.7 Å². The smallest absolute Gasteiger partial charge is 0.231 e. The molecule has 1 aromatic heterocycles. The molecule has 0 saturated carbocycles. The minimum atomic E-state index is -0.391. The Kier molecular flexibility index (Phi) is 3.48. The van der Waals surface area contributed by atoms with Crippen molar-refractivity contribution in [1.82, 2.24) is 10.3 Å². The summed E-state index contributed by atoms with van der Waals surface area (Å²) in [6.07, 6.45) is 3.47. The molecule has 1 atom stereocenters. The molecule has 2 heterocycles. The Labute approximate surface area is 116 Å². The number of hydrogen-bond donors (Lipinski definition) is 1. The van der Waals surface area contributed by atoms with Crippen LogP contribution in [0.2, 0.25) is 0 Å². The van der Waals surface area contributed by atoms with Crippen molar-refractivity contribution >= 4 is 0 Å². The lowest BCUT2D eigenvalue weighted by atomic mass is 10.1. The quantitative estimate of drug-likeness (QED) is 0.919. The number of rotatable bonds is 4. The normalized spacial score (nSPS) is 13.8. The molecule has 1 unspecified atom stereocenters. The number of benzene rings is 1. The topological polar surface area (TPSA) is 67.2 Å². The van der Waals surface area contributed by atoms with Crippen molar-refractivity contribution in [3.05, 3.63) is 53.9 Å². The van der Waals surface area contributed by atoms with Gasteiger partial charge in [-0.05, 0) is 35.4 Å². The largest absolute Gasteiger partial charge is 0.454 e. The number of nitriles is 1. The number of pyridine rings is 1. The van der Waals surface area contributed by atoms with E-state index in [4.69, 9.17) is 9.47 Å². The second kappa shape index (κ2) is 5.59. The lowest BCUT2D eigenvalue weighted by Gasteiger charge is -2.12. The Bertz CT molecular complexity index is 637. The van der Waals surface area contributed by atoms with Gasteiger partial charge < -0.3 is 9.47 Å². The third-order valence-electron chi connectivity index (χ3n) is 3.12. The van der Waals surface area contributed by atoms with E-state index in [1.807, 2.05) is 30.3 Å². The molecule has 0 saturated heterocycles. The summed E-state index contributed by atoms with van der Waals surface area (Å²) in [6.45, 7) is 0.843. The molecule has 0 bridgehead atoms. The van der Waals surface area contributed by atoms with Crippen molar-refractivity contribution in [2.24, 2.45) is 0 Å². The molecule has 0 spiro atoms. The molecule has 100 valence electrons. The minimum Gasteiger partial charge on any atom is -0.454 e. The van der Waals surface area contributed by atoms with Crippen molar-refractivity contribution in [3.8, 4) is 17.6 Å². The third-order valence-corrected chi connectivity index (χ3v) is 3.12. The van der Waals surface area contributed by atoms with E-state index in [1.165, 1.54) is 0 Å². The molecule has 0 fully saturated rings. The molecule has 0 aliphatic carbocycles. The predicted octanol–water partition coefficient (Wildman–Crippen LogP) is 2.16. The van der Waals surface area contributed by atoms with E-state index in [2.05, 4.69) is 16.4 Å². The SMILES string of the molecule is N#CC(NCc1ccncc1)c1ccc2c(c1)OCO2. The summed E-state index contributed by atoms with van der Waals surface area (Å²) in [6, 6.07) is 11.2. The van der Waals surface area contributed by atoms with Crippen molar-refractivity contribution in [2.75, 3.05) is 6.79 Å². The van der Waals surface area contributed by atoms with E-state index in [1.54, 1.807) is 12.4 Å². The molecule has 20 heavy (non-hydrogen) atoms. The summed E-state index contributed by atoms with van der Waals surface area (Å²) in [5.41, 5.74) is 1.95. The maximum atomic E-state index is 9.31. The van der Waals surface area contributed by atoms with Crippen LogP contribution >= 0.6 is 0 Å². The highest BCUT2D eigenvalue weighted by atomic mass is 16.7. The number of ether oxygens (including phenoxy) is 2. The third kappa shape index (κ3) is 2.56. The van der Waals surface area contributed by atoms with Crippen LogP contribution in [0.1, 0.15) is 17.2 Å². The Morgan fingerprint density at radius 1 is 1.20 bits per heavy atom. The van der Waals surface area contributed by atoms with Gasteiger partial charge in [0.2, 0.25) is 6.79 Å². The maximum Gasteiger partial charge on any atom is 0.231 e. The van der Waals surface area contributed by atoms with E-state index in [0.717, 1.165) is 16.9 Å². The average Bonchev–Trinajstić information content (AvgIpc) is 2.96. The van der Waals surface area contributed by atoms with Crippen LogP contribution < -0.4 is 14.8 Å². The molecule has 0 amide bonds. The Morgan fingerprint density at radius 2 is 2.00 bits per heavy atom. The van der Waals surface area contributed by atoms with Crippen LogP contribution in [0, 0.1) is 11.3 Å². The van der Waals surface area contributed by atoms with Gasteiger partial charge in [-0.3, -0.25) is 10.3 Å². The fraction of sp³-hybridized carbons (Fsp3) is 0.200. The first-order valence-electron chi connectivity index (χ1n) is 6.28. The van der Waals surface area contributed by atoms with Gasteiger partial charge in [-0.2, -0.15) is 5.26 Å². The lowest BCUT2D eigenvalue weighted by Crippen LogP contribution is -2.19. The van der Waals surface area contributed by atoms with Crippen molar-refractivity contribution in [1.29, 1.82) is 5.26 Å². The first-order valence-corrected chi connectivity index (χ1v) is 6.28. The van der Waals surface area contributed by atoms with Gasteiger partial charge in [0.1, 0.15) is 6.04 Å². The molecular formula is C15H13N3O2. The van der Waals surface area contributed by atoms with Gasteiger partial charge in [-0.25, -0.2) is 0 Å². The number of hydrogen-bond acceptors (Lipinski definition) is 5. The van der Waals surface area contributed by atoms with Crippen LogP contribution in [0.5, 0.6) is 11.5 Å². The van der Waals surface area contributed by atoms with E-state index >= 15 is 0 Å². The zero-order valence-electron chi connectivity index (χ0n) is 10.7. The van der Waals surface area contributed by atoms with Crippen LogP contribution in [0.4, 0.5) is 0 Å². The van der Waals surface area contributed by atoms with E-state index in [9.17, 15) is 5.26 Å². The van der Waals surface area contributed by atoms with Gasteiger partial charge in [-0.1, -0.05) is 6.07 Å². The van der Waals surface area contributed by atoms with Crippen LogP contribution in [-0.2, 0) is 6.54 Å². The highest BCUT2D eigenvalue weighted by molar-refractivity contribution is 5.46. The van der Waals surface area contributed by atoms with Crippen LogP contribution in [-0.4, -0.2) is 11.8 Å². The zero-order valence-corrected chi connectivity index (χ0v) is 10.7. The van der Waals surface area contributed by atoms with Gasteiger partial charge in [-0.15, -0.1) is 0 Å². The standard InChI is InChI=1S/C15H13N3O2/c16-8-13(18-9-11-3-5-17-6-4-11)12-1-2-14-15(7-12)20-10-19-14/h1-7,13,18H,9-10H2. The zero-order chi connectivity index (χ0) is 13.8. The van der Waals surface area contributed by atoms with Crippen LogP contribution in [0.3, 0.4) is 0 Å². The lowest BCUT2D eigenvalue weighted by molar-refractivity contribution is 0.174. The second-order valence-electron chi connectivity index (χ2n) is 4.41. The summed E-state index contributed by atoms with van der Waals surface area (Å²) in [7, 11) is 0. The minimum absolute atomic E-state index is 0.237. The van der Waals surface area contributed by atoms with Gasteiger partial charge in [0.15, 0.2) is 11.5 Å². The van der Waals surface area contributed by atoms with E-state index in [-0.39, 0.29) is 6.79 Å². The Hall–Kier alpha value is -2.58.